The number of amides is 1. The van der Waals surface area contributed by atoms with E-state index in [4.69, 9.17) is 5.73 Å². The lowest BCUT2D eigenvalue weighted by atomic mass is 10.0. The Labute approximate surface area is 86.1 Å². The maximum Gasteiger partial charge on any atom is 0.240 e. The van der Waals surface area contributed by atoms with Crippen LogP contribution in [0.1, 0.15) is 16.8 Å². The van der Waals surface area contributed by atoms with Crippen LogP contribution < -0.4 is 10.6 Å². The van der Waals surface area contributed by atoms with Crippen LogP contribution in [0.4, 0.5) is 5.95 Å². The second kappa shape index (κ2) is 3.64. The molecule has 1 aliphatic heterocycles. The lowest BCUT2D eigenvalue weighted by Gasteiger charge is -2.38. The summed E-state index contributed by atoms with van der Waals surface area (Å²) in [5.41, 5.74) is 5.60. The molecule has 6 heteroatoms. The summed E-state index contributed by atoms with van der Waals surface area (Å²) < 4.78 is 0. The Morgan fingerprint density at radius 2 is 2.20 bits per heavy atom. The van der Waals surface area contributed by atoms with E-state index in [0.29, 0.717) is 24.3 Å². The Kier molecular flexibility index (Phi) is 2.32. The van der Waals surface area contributed by atoms with Crippen molar-refractivity contribution in [2.45, 2.75) is 12.5 Å². The molecule has 1 aromatic rings. The van der Waals surface area contributed by atoms with Gasteiger partial charge in [-0.15, -0.1) is 0 Å². The number of anilines is 1. The van der Waals surface area contributed by atoms with E-state index < -0.39 is 0 Å². The summed E-state index contributed by atoms with van der Waals surface area (Å²) in [5, 5.41) is 0. The normalized spacial score (nSPS) is 19.5. The molecule has 78 valence electrons. The molecule has 0 spiro atoms. The number of nitrogens with two attached hydrogens (primary N) is 1. The lowest BCUT2D eigenvalue weighted by Crippen LogP contribution is -2.55. The Bertz CT molecular complexity index is 390. The minimum atomic E-state index is -0.371. The highest BCUT2D eigenvalue weighted by atomic mass is 16.1. The molecule has 0 aliphatic carbocycles. The van der Waals surface area contributed by atoms with E-state index in [0.717, 1.165) is 6.42 Å². The smallest absolute Gasteiger partial charge is 0.240 e. The molecule has 6 nitrogen and oxygen atoms in total. The number of carbonyl (C=O) groups excluding carboxylic acids is 2. The molecule has 1 atom stereocenters. The topological polar surface area (TPSA) is 89.2 Å². The van der Waals surface area contributed by atoms with Gasteiger partial charge >= 0.3 is 0 Å². The maximum absolute atomic E-state index is 11.0. The van der Waals surface area contributed by atoms with Crippen LogP contribution in [-0.2, 0) is 4.79 Å². The third-order valence-electron chi connectivity index (χ3n) is 2.40. The van der Waals surface area contributed by atoms with Gasteiger partial charge in [0.25, 0.3) is 0 Å². The Morgan fingerprint density at radius 1 is 1.53 bits per heavy atom. The number of primary amides is 1. The summed E-state index contributed by atoms with van der Waals surface area (Å²) in [4.78, 5) is 31.0. The lowest BCUT2D eigenvalue weighted by molar-refractivity contribution is -0.120. The molecule has 1 aliphatic rings. The number of hydrogen-bond acceptors (Lipinski definition) is 5. The van der Waals surface area contributed by atoms with Crippen LogP contribution in [0.25, 0.3) is 0 Å². The second-order valence-corrected chi connectivity index (χ2v) is 3.33. The molecule has 1 unspecified atom stereocenters. The highest BCUT2D eigenvalue weighted by Gasteiger charge is 2.34. The van der Waals surface area contributed by atoms with Crippen molar-refractivity contribution in [3.8, 4) is 0 Å². The average molecular weight is 206 g/mol. The zero-order valence-corrected chi connectivity index (χ0v) is 7.96. The van der Waals surface area contributed by atoms with Crippen molar-refractivity contribution < 1.29 is 9.59 Å². The molecule has 2 rings (SSSR count). The van der Waals surface area contributed by atoms with E-state index in [1.807, 2.05) is 0 Å². The highest BCUT2D eigenvalue weighted by molar-refractivity contribution is 5.84. The SMILES string of the molecule is NC(=O)C1CCN1c1ncc(C=O)cn1. The van der Waals surface area contributed by atoms with Crippen LogP contribution in [0.2, 0.25) is 0 Å². The highest BCUT2D eigenvalue weighted by Crippen LogP contribution is 2.21. The molecule has 0 bridgehead atoms. The van der Waals surface area contributed by atoms with Crippen molar-refractivity contribution in [2.24, 2.45) is 5.73 Å². The Balaban J connectivity index is 2.16. The summed E-state index contributed by atoms with van der Waals surface area (Å²) >= 11 is 0. The van der Waals surface area contributed by atoms with Crippen LogP contribution in [0.15, 0.2) is 12.4 Å². The molecular weight excluding hydrogens is 196 g/mol. The average Bonchev–Trinajstić information content (AvgIpc) is 2.16. The summed E-state index contributed by atoms with van der Waals surface area (Å²) in [7, 11) is 0. The zero-order valence-electron chi connectivity index (χ0n) is 7.96. The molecule has 0 saturated carbocycles. The van der Waals surface area contributed by atoms with Crippen molar-refractivity contribution in [3.05, 3.63) is 18.0 Å². The fourth-order valence-electron chi connectivity index (χ4n) is 1.46. The molecular formula is C9H10N4O2. The molecule has 1 fully saturated rings. The van der Waals surface area contributed by atoms with E-state index >= 15 is 0 Å². The predicted octanol–water partition coefficient (Wildman–Crippen LogP) is -0.647. The fourth-order valence-corrected chi connectivity index (χ4v) is 1.46. The number of hydrogen-bond donors (Lipinski definition) is 1. The third-order valence-corrected chi connectivity index (χ3v) is 2.40. The zero-order chi connectivity index (χ0) is 10.8. The summed E-state index contributed by atoms with van der Waals surface area (Å²) in [6.45, 7) is 0.716. The van der Waals surface area contributed by atoms with Crippen LogP contribution >= 0.6 is 0 Å². The predicted molar refractivity (Wildman–Crippen MR) is 52.4 cm³/mol. The van der Waals surface area contributed by atoms with E-state index in [2.05, 4.69) is 9.97 Å². The van der Waals surface area contributed by atoms with Gasteiger partial charge in [0, 0.05) is 18.9 Å². The van der Waals surface area contributed by atoms with Crippen LogP contribution in [-0.4, -0.2) is 34.7 Å². The van der Waals surface area contributed by atoms with Gasteiger partial charge in [-0.1, -0.05) is 0 Å². The second-order valence-electron chi connectivity index (χ2n) is 3.33. The van der Waals surface area contributed by atoms with Crippen molar-refractivity contribution in [1.82, 2.24) is 9.97 Å². The van der Waals surface area contributed by atoms with Gasteiger partial charge in [0.15, 0.2) is 6.29 Å². The van der Waals surface area contributed by atoms with Gasteiger partial charge in [0.05, 0.1) is 5.56 Å². The monoisotopic (exact) mass is 206 g/mol. The largest absolute Gasteiger partial charge is 0.368 e. The van der Waals surface area contributed by atoms with Crippen LogP contribution in [0, 0.1) is 0 Å². The minimum absolute atomic E-state index is 0.313. The summed E-state index contributed by atoms with van der Waals surface area (Å²) in [5.74, 6) is 0.0694. The number of carbonyl (C=O) groups is 2. The van der Waals surface area contributed by atoms with Gasteiger partial charge in [-0.2, -0.15) is 0 Å². The first-order chi connectivity index (χ1) is 7.22. The van der Waals surface area contributed by atoms with Gasteiger partial charge in [-0.25, -0.2) is 9.97 Å². The molecule has 2 heterocycles. The molecule has 15 heavy (non-hydrogen) atoms. The van der Waals surface area contributed by atoms with E-state index in [9.17, 15) is 9.59 Å². The summed E-state index contributed by atoms with van der Waals surface area (Å²) in [6, 6.07) is -0.313. The Hall–Kier alpha value is -1.98. The number of rotatable bonds is 3. The van der Waals surface area contributed by atoms with Crippen LogP contribution in [0.3, 0.4) is 0 Å². The van der Waals surface area contributed by atoms with Gasteiger partial charge in [-0.05, 0) is 6.42 Å². The first-order valence-electron chi connectivity index (χ1n) is 4.55. The molecule has 1 saturated heterocycles. The van der Waals surface area contributed by atoms with Crippen molar-refractivity contribution in [3.63, 3.8) is 0 Å². The molecule has 1 aromatic heterocycles. The fraction of sp³-hybridized carbons (Fsp3) is 0.333. The number of aromatic nitrogens is 2. The van der Waals surface area contributed by atoms with E-state index in [1.165, 1.54) is 12.4 Å². The molecule has 0 aromatic carbocycles. The van der Waals surface area contributed by atoms with Gasteiger partial charge in [-0.3, -0.25) is 9.59 Å². The Morgan fingerprint density at radius 3 is 2.60 bits per heavy atom. The summed E-state index contributed by atoms with van der Waals surface area (Å²) in [6.07, 6.45) is 4.25. The minimum Gasteiger partial charge on any atom is -0.368 e. The molecule has 1 amide bonds. The van der Waals surface area contributed by atoms with Crippen molar-refractivity contribution >= 4 is 18.1 Å². The van der Waals surface area contributed by atoms with Crippen LogP contribution in [0.5, 0.6) is 0 Å². The van der Waals surface area contributed by atoms with Crippen molar-refractivity contribution in [1.29, 1.82) is 0 Å². The molecule has 2 N–H and O–H groups in total. The van der Waals surface area contributed by atoms with Crippen molar-refractivity contribution in [2.75, 3.05) is 11.4 Å². The first-order valence-corrected chi connectivity index (χ1v) is 4.55. The molecule has 0 radical (unpaired) electrons. The third kappa shape index (κ3) is 1.65. The van der Waals surface area contributed by atoms with E-state index in [-0.39, 0.29) is 11.9 Å². The van der Waals surface area contributed by atoms with E-state index in [1.54, 1.807) is 4.90 Å². The standard InChI is InChI=1S/C9H10N4O2/c10-8(15)7-1-2-13(7)9-11-3-6(5-14)4-12-9/h3-5,7H,1-2H2,(H2,10,15). The first kappa shape index (κ1) is 9.57. The van der Waals surface area contributed by atoms with Gasteiger partial charge in [0.1, 0.15) is 6.04 Å². The van der Waals surface area contributed by atoms with Gasteiger partial charge in [0.2, 0.25) is 11.9 Å². The number of aldehydes is 1. The van der Waals surface area contributed by atoms with Gasteiger partial charge < -0.3 is 10.6 Å². The quantitative estimate of drug-likeness (QED) is 0.664. The number of nitrogens with zero attached hydrogens (tertiary/aromatic N) is 3. The maximum atomic E-state index is 11.0.